The number of nitrogens with one attached hydrogen (secondary N) is 1. The van der Waals surface area contributed by atoms with Crippen molar-refractivity contribution in [2.45, 2.75) is 48.5 Å². The number of amides is 2. The lowest BCUT2D eigenvalue weighted by atomic mass is 9.95. The van der Waals surface area contributed by atoms with Crippen LogP contribution in [0.15, 0.2) is 22.5 Å². The van der Waals surface area contributed by atoms with E-state index in [-0.39, 0.29) is 22.1 Å². The average Bonchev–Trinajstić information content (AvgIpc) is 3.36. The summed E-state index contributed by atoms with van der Waals surface area (Å²) in [5, 5.41) is 12.1. The summed E-state index contributed by atoms with van der Waals surface area (Å²) < 4.78 is 14.5. The highest BCUT2D eigenvalue weighted by Crippen LogP contribution is 2.38. The molecule has 11 heteroatoms. The molecule has 1 aromatic heterocycles. The number of carboxylic acid groups (broad SMARTS) is 1. The van der Waals surface area contributed by atoms with Gasteiger partial charge in [0.25, 0.3) is 0 Å². The first-order valence-electron chi connectivity index (χ1n) is 9.78. The second kappa shape index (κ2) is 9.79. The maximum atomic E-state index is 14.8. The van der Waals surface area contributed by atoms with Crippen molar-refractivity contribution in [2.24, 2.45) is 5.92 Å². The van der Waals surface area contributed by atoms with Gasteiger partial charge in [0.15, 0.2) is 10.9 Å². The molecule has 31 heavy (non-hydrogen) atoms. The Morgan fingerprint density at radius 3 is 2.74 bits per heavy atom. The minimum atomic E-state index is -1.04. The van der Waals surface area contributed by atoms with Gasteiger partial charge in [0.05, 0.1) is 21.1 Å². The number of thiazole rings is 1. The number of anilines is 2. The third-order valence-corrected chi connectivity index (χ3v) is 7.70. The van der Waals surface area contributed by atoms with Crippen LogP contribution < -0.4 is 15.7 Å². The van der Waals surface area contributed by atoms with Crippen LogP contribution in [0, 0.1) is 11.7 Å². The van der Waals surface area contributed by atoms with Crippen molar-refractivity contribution in [1.82, 2.24) is 4.98 Å². The molecule has 0 spiro atoms. The number of thioether (sulfide) groups is 1. The maximum absolute atomic E-state index is 14.8. The highest BCUT2D eigenvalue weighted by atomic mass is 35.5. The Morgan fingerprint density at radius 1 is 1.42 bits per heavy atom. The molecule has 3 rings (SSSR count). The zero-order chi connectivity index (χ0) is 22.8. The van der Waals surface area contributed by atoms with Crippen molar-refractivity contribution >= 4 is 70.8 Å². The molecule has 0 aliphatic heterocycles. The number of nitrogens with zero attached hydrogens (tertiary/aromatic N) is 2. The molecule has 0 unspecified atom stereocenters. The number of carboxylic acids is 1. The number of aromatic nitrogens is 1. The van der Waals surface area contributed by atoms with E-state index in [2.05, 4.69) is 10.3 Å². The molecule has 2 aromatic rings. The molecule has 2 N–H and O–H groups in total. The molecule has 1 heterocycles. The zero-order valence-electron chi connectivity index (χ0n) is 17.2. The summed E-state index contributed by atoms with van der Waals surface area (Å²) in [7, 11) is 5.68. The van der Waals surface area contributed by atoms with Gasteiger partial charge in [-0.2, -0.15) is 0 Å². The van der Waals surface area contributed by atoms with Gasteiger partial charge in [-0.25, -0.2) is 14.2 Å². The van der Waals surface area contributed by atoms with E-state index in [1.165, 1.54) is 23.2 Å². The minimum Gasteiger partial charge on any atom is -0.480 e. The van der Waals surface area contributed by atoms with Gasteiger partial charge in [0, 0.05) is 6.54 Å². The molecule has 0 bridgehead atoms. The van der Waals surface area contributed by atoms with Crippen LogP contribution in [-0.2, 0) is 4.79 Å². The summed E-state index contributed by atoms with van der Waals surface area (Å²) in [6, 6.07) is 2.39. The Morgan fingerprint density at radius 2 is 2.10 bits per heavy atom. The number of benzene rings is 1. The Hall–Kier alpha value is -1.78. The Kier molecular flexibility index (Phi) is 7.54. The van der Waals surface area contributed by atoms with Gasteiger partial charge in [-0.05, 0) is 38.7 Å². The van der Waals surface area contributed by atoms with Gasteiger partial charge >= 0.3 is 12.0 Å². The fraction of sp³-hybridized carbons (Fsp3) is 0.450. The lowest BCUT2D eigenvalue weighted by Gasteiger charge is -2.26. The van der Waals surface area contributed by atoms with Gasteiger partial charge in [-0.15, -0.1) is 0 Å². The number of hydrogen-bond donors (Lipinski definition) is 2. The molecule has 1 aliphatic rings. The number of carbonyl (C=O) groups excluding carboxylic acids is 1. The van der Waals surface area contributed by atoms with Crippen molar-refractivity contribution in [1.29, 1.82) is 0 Å². The fourth-order valence-electron chi connectivity index (χ4n) is 3.32. The van der Waals surface area contributed by atoms with Crippen molar-refractivity contribution < 1.29 is 19.1 Å². The van der Waals surface area contributed by atoms with Crippen molar-refractivity contribution in [2.75, 3.05) is 16.8 Å². The van der Waals surface area contributed by atoms with E-state index in [1.54, 1.807) is 13.8 Å². The molecular weight excluding hydrogens is 460 g/mol. The van der Waals surface area contributed by atoms with Crippen LogP contribution in [0.4, 0.5) is 20.0 Å². The molecule has 2 radical (unpaired) electrons. The van der Waals surface area contributed by atoms with Crippen LogP contribution in [0.5, 0.6) is 0 Å². The van der Waals surface area contributed by atoms with Crippen LogP contribution in [0.2, 0.25) is 5.02 Å². The first-order valence-corrected chi connectivity index (χ1v) is 11.8. The van der Waals surface area contributed by atoms with E-state index in [4.69, 9.17) is 19.4 Å². The third-order valence-electron chi connectivity index (χ3n) is 5.11. The fourth-order valence-corrected chi connectivity index (χ4v) is 5.75. The number of carbonyl (C=O) groups is 2. The molecule has 164 valence electrons. The van der Waals surface area contributed by atoms with E-state index >= 15 is 0 Å². The van der Waals surface area contributed by atoms with Crippen molar-refractivity contribution in [3.05, 3.63) is 29.2 Å². The van der Waals surface area contributed by atoms with Crippen LogP contribution in [0.3, 0.4) is 0 Å². The van der Waals surface area contributed by atoms with Gasteiger partial charge in [-0.3, -0.25) is 15.0 Å². The number of rotatable bonds is 7. The first-order chi connectivity index (χ1) is 14.6. The minimum absolute atomic E-state index is 0.0572. The standard InChI is InChI=1S/C20H22BClFN3O3S2/c1-20(2,17(27)28)31-14-9-24-18(30-14)25-19(29)26(10-11-5-3-4-6-11)13-8-7-12(21)15(22)16(13)23/h7-9,11H,3-6,10H2,1-2H3,(H,27,28)(H,24,25,29). The van der Waals surface area contributed by atoms with Crippen LogP contribution in [0.1, 0.15) is 39.5 Å². The topological polar surface area (TPSA) is 82.5 Å². The van der Waals surface area contributed by atoms with Gasteiger partial charge in [0.1, 0.15) is 12.6 Å². The largest absolute Gasteiger partial charge is 0.480 e. The quantitative estimate of drug-likeness (QED) is 0.433. The molecule has 1 aromatic carbocycles. The van der Waals surface area contributed by atoms with E-state index < -0.39 is 22.6 Å². The SMILES string of the molecule is [B]c1ccc(N(CC2CCCC2)C(=O)Nc2ncc(SC(C)(C)C(=O)O)s2)c(F)c1Cl. The molecule has 6 nitrogen and oxygen atoms in total. The lowest BCUT2D eigenvalue weighted by Crippen LogP contribution is -2.39. The molecule has 2 amide bonds. The van der Waals surface area contributed by atoms with Crippen LogP contribution in [0.25, 0.3) is 0 Å². The number of urea groups is 1. The van der Waals surface area contributed by atoms with Gasteiger partial charge in [-0.1, -0.05) is 59.1 Å². The second-order valence-electron chi connectivity index (χ2n) is 7.90. The molecule has 1 aliphatic carbocycles. The van der Waals surface area contributed by atoms with E-state index in [0.717, 1.165) is 48.8 Å². The predicted octanol–water partition coefficient (Wildman–Crippen LogP) is 4.91. The maximum Gasteiger partial charge on any atom is 0.328 e. The van der Waals surface area contributed by atoms with Gasteiger partial charge < -0.3 is 5.11 Å². The smallest absolute Gasteiger partial charge is 0.328 e. The van der Waals surface area contributed by atoms with Gasteiger partial charge in [0.2, 0.25) is 0 Å². The summed E-state index contributed by atoms with van der Waals surface area (Å²) in [5.74, 6) is -1.43. The first kappa shape index (κ1) is 23.9. The molecule has 1 fully saturated rings. The van der Waals surface area contributed by atoms with E-state index in [0.29, 0.717) is 15.9 Å². The summed E-state index contributed by atoms with van der Waals surface area (Å²) in [4.78, 5) is 29.9. The summed E-state index contributed by atoms with van der Waals surface area (Å²) in [6.07, 6.45) is 5.61. The number of aliphatic carboxylic acids is 1. The average molecular weight is 482 g/mol. The Balaban J connectivity index is 1.81. The highest BCUT2D eigenvalue weighted by molar-refractivity contribution is 8.03. The van der Waals surface area contributed by atoms with E-state index in [1.807, 2.05) is 0 Å². The molecule has 0 saturated heterocycles. The number of halogens is 2. The van der Waals surface area contributed by atoms with Crippen LogP contribution in [-0.4, -0.2) is 41.2 Å². The van der Waals surface area contributed by atoms with Crippen molar-refractivity contribution in [3.8, 4) is 0 Å². The molecular formula is C20H22BClFN3O3S2. The van der Waals surface area contributed by atoms with Crippen molar-refractivity contribution in [3.63, 3.8) is 0 Å². The number of hydrogen-bond acceptors (Lipinski definition) is 5. The van der Waals surface area contributed by atoms with E-state index in [9.17, 15) is 19.1 Å². The monoisotopic (exact) mass is 481 g/mol. The zero-order valence-corrected chi connectivity index (χ0v) is 19.5. The van der Waals surface area contributed by atoms with Crippen LogP contribution >= 0.6 is 34.7 Å². The molecule has 1 saturated carbocycles. The normalized spacial score (nSPS) is 14.6. The highest BCUT2D eigenvalue weighted by Gasteiger charge is 2.30. The summed E-state index contributed by atoms with van der Waals surface area (Å²) in [5.41, 5.74) is 0.161. The lowest BCUT2D eigenvalue weighted by molar-refractivity contribution is -0.138. The predicted molar refractivity (Wildman–Crippen MR) is 125 cm³/mol. The third kappa shape index (κ3) is 5.73. The second-order valence-corrected chi connectivity index (χ2v) is 11.2. The summed E-state index contributed by atoms with van der Waals surface area (Å²) >= 11 is 8.28. The summed E-state index contributed by atoms with van der Waals surface area (Å²) in [6.45, 7) is 3.53. The Bertz CT molecular complexity index is 983. The molecule has 0 atom stereocenters. The Labute approximate surface area is 195 Å².